The van der Waals surface area contributed by atoms with E-state index in [-0.39, 0.29) is 17.0 Å². The SMILES string of the molecule is C[C@]1(O)CC2(CCN(C(=O)[C@H](N)CCCCN)CC2)OC[C@@H]1n1cc(Br)c(=O)[nH]c1=O. The van der Waals surface area contributed by atoms with Crippen molar-refractivity contribution in [1.82, 2.24) is 14.5 Å². The minimum atomic E-state index is -1.23. The van der Waals surface area contributed by atoms with Gasteiger partial charge < -0.3 is 26.2 Å². The lowest BCUT2D eigenvalue weighted by Crippen LogP contribution is -2.60. The van der Waals surface area contributed by atoms with E-state index in [0.717, 1.165) is 12.8 Å². The summed E-state index contributed by atoms with van der Waals surface area (Å²) in [5, 5.41) is 11.2. The summed E-state index contributed by atoms with van der Waals surface area (Å²) in [7, 11) is 0. The molecular weight excluding hydrogens is 470 g/mol. The van der Waals surface area contributed by atoms with Crippen molar-refractivity contribution in [2.24, 2.45) is 11.5 Å². The zero-order valence-electron chi connectivity index (χ0n) is 17.8. The molecule has 0 unspecified atom stereocenters. The maximum Gasteiger partial charge on any atom is 0.328 e. The van der Waals surface area contributed by atoms with Crippen LogP contribution in [0.3, 0.4) is 0 Å². The number of H-pyrrole nitrogens is 1. The van der Waals surface area contributed by atoms with Gasteiger partial charge in [0.2, 0.25) is 5.91 Å². The number of aromatic nitrogens is 2. The monoisotopic (exact) mass is 501 g/mol. The molecule has 3 atom stereocenters. The van der Waals surface area contributed by atoms with Gasteiger partial charge in [0, 0.05) is 25.7 Å². The van der Waals surface area contributed by atoms with Crippen molar-refractivity contribution in [1.29, 1.82) is 0 Å². The predicted molar refractivity (Wildman–Crippen MR) is 119 cm³/mol. The van der Waals surface area contributed by atoms with Crippen molar-refractivity contribution < 1.29 is 14.6 Å². The second kappa shape index (κ2) is 9.53. The Morgan fingerprint density at radius 3 is 2.68 bits per heavy atom. The molecule has 3 rings (SSSR count). The van der Waals surface area contributed by atoms with Gasteiger partial charge in [0.05, 0.1) is 34.4 Å². The van der Waals surface area contributed by atoms with Crippen molar-refractivity contribution in [2.45, 2.75) is 68.7 Å². The fraction of sp³-hybridized carbons (Fsp3) is 0.750. The van der Waals surface area contributed by atoms with Crippen molar-refractivity contribution in [3.63, 3.8) is 0 Å². The van der Waals surface area contributed by atoms with Crippen LogP contribution in [0.5, 0.6) is 0 Å². The van der Waals surface area contributed by atoms with Gasteiger partial charge in [0.15, 0.2) is 0 Å². The third-order valence-electron chi connectivity index (χ3n) is 6.48. The van der Waals surface area contributed by atoms with E-state index in [1.165, 1.54) is 10.8 Å². The van der Waals surface area contributed by atoms with Gasteiger partial charge in [-0.1, -0.05) is 6.42 Å². The van der Waals surface area contributed by atoms with Crippen LogP contribution in [0.15, 0.2) is 20.3 Å². The predicted octanol–water partition coefficient (Wildman–Crippen LogP) is -0.171. The van der Waals surface area contributed by atoms with Gasteiger partial charge in [0.25, 0.3) is 5.56 Å². The van der Waals surface area contributed by atoms with Crippen LogP contribution >= 0.6 is 15.9 Å². The fourth-order valence-electron chi connectivity index (χ4n) is 4.65. The molecule has 2 aliphatic heterocycles. The molecule has 0 aromatic carbocycles. The number of nitrogens with zero attached hydrogens (tertiary/aromatic N) is 2. The molecule has 31 heavy (non-hydrogen) atoms. The van der Waals surface area contributed by atoms with Crippen molar-refractivity contribution >= 4 is 21.8 Å². The number of hydrogen-bond donors (Lipinski definition) is 4. The summed E-state index contributed by atoms with van der Waals surface area (Å²) in [5.41, 5.74) is 8.64. The molecule has 0 bridgehead atoms. The van der Waals surface area contributed by atoms with E-state index < -0.39 is 34.5 Å². The first-order valence-electron chi connectivity index (χ1n) is 10.7. The largest absolute Gasteiger partial charge is 0.388 e. The molecule has 10 nitrogen and oxygen atoms in total. The number of carbonyl (C=O) groups is 1. The second-order valence-corrected chi connectivity index (χ2v) is 9.76. The average Bonchev–Trinajstić information content (AvgIpc) is 2.71. The summed E-state index contributed by atoms with van der Waals surface area (Å²) in [6.07, 6.45) is 5.17. The number of aromatic amines is 1. The summed E-state index contributed by atoms with van der Waals surface area (Å²) >= 11 is 3.13. The van der Waals surface area contributed by atoms with Crippen LogP contribution in [0.25, 0.3) is 0 Å². The van der Waals surface area contributed by atoms with Crippen LogP contribution < -0.4 is 22.7 Å². The molecule has 2 saturated heterocycles. The smallest absolute Gasteiger partial charge is 0.328 e. The van der Waals surface area contributed by atoms with Crippen LogP contribution in [0, 0.1) is 0 Å². The number of amides is 1. The lowest BCUT2D eigenvalue weighted by atomic mass is 9.75. The average molecular weight is 502 g/mol. The van der Waals surface area contributed by atoms with E-state index in [2.05, 4.69) is 20.9 Å². The van der Waals surface area contributed by atoms with Gasteiger partial charge in [-0.2, -0.15) is 0 Å². The molecular formula is C20H32BrN5O5. The summed E-state index contributed by atoms with van der Waals surface area (Å²) in [6.45, 7) is 3.41. The Balaban J connectivity index is 1.64. The number of ether oxygens (including phenoxy) is 1. The van der Waals surface area contributed by atoms with Crippen LogP contribution in [-0.4, -0.2) is 68.9 Å². The maximum atomic E-state index is 12.6. The minimum Gasteiger partial charge on any atom is -0.388 e. The topological polar surface area (TPSA) is 157 Å². The summed E-state index contributed by atoms with van der Waals surface area (Å²) in [6, 6.07) is -1.17. The zero-order chi connectivity index (χ0) is 22.8. The first-order valence-corrected chi connectivity index (χ1v) is 11.5. The third-order valence-corrected chi connectivity index (χ3v) is 7.04. The number of nitrogens with two attached hydrogens (primary N) is 2. The zero-order valence-corrected chi connectivity index (χ0v) is 19.4. The second-order valence-electron chi connectivity index (χ2n) is 8.90. The molecule has 6 N–H and O–H groups in total. The number of rotatable bonds is 6. The first-order chi connectivity index (χ1) is 14.6. The van der Waals surface area contributed by atoms with Gasteiger partial charge in [-0.3, -0.25) is 19.1 Å². The van der Waals surface area contributed by atoms with E-state index >= 15 is 0 Å². The number of nitrogens with one attached hydrogen (secondary N) is 1. The maximum absolute atomic E-state index is 12.6. The summed E-state index contributed by atoms with van der Waals surface area (Å²) in [5.74, 6) is -0.0584. The molecule has 2 aliphatic rings. The highest BCUT2D eigenvalue weighted by molar-refractivity contribution is 9.10. The number of likely N-dealkylation sites (tertiary alicyclic amines) is 1. The third kappa shape index (κ3) is 5.28. The highest BCUT2D eigenvalue weighted by atomic mass is 79.9. The highest BCUT2D eigenvalue weighted by Gasteiger charge is 2.50. The summed E-state index contributed by atoms with van der Waals surface area (Å²) in [4.78, 5) is 40.5. The molecule has 0 radical (unpaired) electrons. The van der Waals surface area contributed by atoms with Crippen LogP contribution in [0.1, 0.15) is 51.5 Å². The lowest BCUT2D eigenvalue weighted by Gasteiger charge is -2.51. The Kier molecular flexibility index (Phi) is 7.42. The molecule has 3 heterocycles. The standard InChI is InChI=1S/C20H32BrN5O5/c1-19(30)12-20(31-11-15(19)26-10-13(21)16(27)24-18(26)29)5-8-25(9-6-20)17(28)14(23)4-2-3-7-22/h10,14-15,30H,2-9,11-12,22-23H2,1H3,(H,24,27,29)/t14-,15+,19+/m1/s1. The van der Waals surface area contributed by atoms with Crippen LogP contribution in [0.2, 0.25) is 0 Å². The molecule has 0 aliphatic carbocycles. The minimum absolute atomic E-state index is 0.0584. The Morgan fingerprint density at radius 1 is 1.39 bits per heavy atom. The fourth-order valence-corrected chi connectivity index (χ4v) is 4.97. The Hall–Kier alpha value is -1.53. The normalized spacial score (nSPS) is 26.7. The molecule has 0 saturated carbocycles. The Morgan fingerprint density at radius 2 is 2.06 bits per heavy atom. The molecule has 174 valence electrons. The summed E-state index contributed by atoms with van der Waals surface area (Å²) < 4.78 is 7.70. The van der Waals surface area contributed by atoms with Gasteiger partial charge in [-0.25, -0.2) is 4.79 Å². The van der Waals surface area contributed by atoms with E-state index in [0.29, 0.717) is 45.3 Å². The Bertz CT molecular complexity index is 906. The van der Waals surface area contributed by atoms with Crippen molar-refractivity contribution in [3.05, 3.63) is 31.5 Å². The van der Waals surface area contributed by atoms with E-state index in [1.54, 1.807) is 11.8 Å². The van der Waals surface area contributed by atoms with E-state index in [1.807, 2.05) is 0 Å². The van der Waals surface area contributed by atoms with E-state index in [4.69, 9.17) is 16.2 Å². The van der Waals surface area contributed by atoms with Crippen molar-refractivity contribution in [2.75, 3.05) is 26.2 Å². The van der Waals surface area contributed by atoms with E-state index in [9.17, 15) is 19.5 Å². The molecule has 1 amide bonds. The molecule has 2 fully saturated rings. The van der Waals surface area contributed by atoms with Gasteiger partial charge in [0.1, 0.15) is 0 Å². The molecule has 11 heteroatoms. The number of piperidine rings is 1. The van der Waals surface area contributed by atoms with Gasteiger partial charge in [-0.15, -0.1) is 0 Å². The number of aliphatic hydroxyl groups is 1. The molecule has 1 aromatic rings. The number of hydrogen-bond acceptors (Lipinski definition) is 7. The molecule has 1 aromatic heterocycles. The Labute approximate surface area is 189 Å². The van der Waals surface area contributed by atoms with Gasteiger partial charge in [-0.05, 0) is 55.1 Å². The van der Waals surface area contributed by atoms with Crippen LogP contribution in [0.4, 0.5) is 0 Å². The molecule has 1 spiro atoms. The van der Waals surface area contributed by atoms with Gasteiger partial charge >= 0.3 is 5.69 Å². The highest BCUT2D eigenvalue weighted by Crippen LogP contribution is 2.43. The number of unbranched alkanes of at least 4 members (excludes halogenated alkanes) is 1. The lowest BCUT2D eigenvalue weighted by molar-refractivity contribution is -0.198. The quantitative estimate of drug-likeness (QED) is 0.394. The number of carbonyl (C=O) groups excluding carboxylic acids is 1. The van der Waals surface area contributed by atoms with Crippen LogP contribution in [-0.2, 0) is 9.53 Å². The van der Waals surface area contributed by atoms with Crippen molar-refractivity contribution in [3.8, 4) is 0 Å². The first kappa shape index (κ1) is 24.1. The number of halogens is 1.